The third kappa shape index (κ3) is 4.34. The molecule has 0 aliphatic carbocycles. The van der Waals surface area contributed by atoms with Gasteiger partial charge in [-0.3, -0.25) is 9.88 Å². The van der Waals surface area contributed by atoms with Crippen molar-refractivity contribution in [2.24, 2.45) is 0 Å². The van der Waals surface area contributed by atoms with Gasteiger partial charge in [0.05, 0.1) is 24.6 Å². The maximum absolute atomic E-state index is 9.88. The summed E-state index contributed by atoms with van der Waals surface area (Å²) in [5.41, 5.74) is 1.65. The van der Waals surface area contributed by atoms with Gasteiger partial charge in [-0.15, -0.1) is 0 Å². The van der Waals surface area contributed by atoms with Gasteiger partial charge in [0, 0.05) is 25.0 Å². The Morgan fingerprint density at radius 1 is 1.26 bits per heavy atom. The van der Waals surface area contributed by atoms with E-state index in [1.165, 1.54) is 0 Å². The summed E-state index contributed by atoms with van der Waals surface area (Å²) in [5, 5.41) is 9.88. The molecule has 0 atom stereocenters. The Balaban J connectivity index is 0.00000180. The highest BCUT2D eigenvalue weighted by Gasteiger charge is 2.21. The molecule has 1 aromatic rings. The van der Waals surface area contributed by atoms with E-state index in [1.54, 1.807) is 6.07 Å². The van der Waals surface area contributed by atoms with Crippen molar-refractivity contribution in [2.75, 3.05) is 26.3 Å². The lowest BCUT2D eigenvalue weighted by Gasteiger charge is -2.27. The minimum atomic E-state index is -0.134. The predicted molar refractivity (Wildman–Crippen MR) is 70.7 cm³/mol. The smallest absolute Gasteiger partial charge is 0.137 e. The molecule has 108 valence electrons. The summed E-state index contributed by atoms with van der Waals surface area (Å²) in [6.45, 7) is 10.5. The monoisotopic (exact) mass is 285 g/mol. The van der Waals surface area contributed by atoms with E-state index in [9.17, 15) is 5.11 Å². The summed E-state index contributed by atoms with van der Waals surface area (Å²) in [7, 11) is 0. The Labute approximate surface area is 121 Å². The van der Waals surface area contributed by atoms with Crippen LogP contribution in [0.25, 0.3) is 0 Å². The molecule has 0 bridgehead atoms. The Bertz CT molecular complexity index is 412. The molecule has 0 unspecified atom stereocenters. The van der Waals surface area contributed by atoms with Gasteiger partial charge in [-0.05, 0) is 12.1 Å². The van der Waals surface area contributed by atoms with Gasteiger partial charge in [0.1, 0.15) is 5.75 Å². The van der Waals surface area contributed by atoms with Gasteiger partial charge in [0.2, 0.25) is 0 Å². The van der Waals surface area contributed by atoms with Crippen LogP contribution < -0.4 is 12.4 Å². The first-order valence-corrected chi connectivity index (χ1v) is 6.46. The second kappa shape index (κ2) is 6.55. The summed E-state index contributed by atoms with van der Waals surface area (Å²) in [6.07, 6.45) is 0. The first-order valence-electron chi connectivity index (χ1n) is 6.46. The standard InChI is InChI=1S/C14H22N2O2.ClH/c1-14(2,3)13-12(17)5-4-11(15-13)10-16-6-8-18-9-7-16;/h4-5,17H,6-10H2,1-3H3;1H/p-1. The molecular weight excluding hydrogens is 264 g/mol. The van der Waals surface area contributed by atoms with E-state index in [0.29, 0.717) is 0 Å². The van der Waals surface area contributed by atoms with E-state index >= 15 is 0 Å². The third-order valence-corrected chi connectivity index (χ3v) is 3.13. The van der Waals surface area contributed by atoms with Crippen molar-refractivity contribution in [3.63, 3.8) is 0 Å². The van der Waals surface area contributed by atoms with Crippen LogP contribution >= 0.6 is 0 Å². The van der Waals surface area contributed by atoms with Gasteiger partial charge in [-0.1, -0.05) is 20.8 Å². The molecule has 4 nitrogen and oxygen atoms in total. The average Bonchev–Trinajstić information content (AvgIpc) is 2.31. The second-order valence-corrected chi connectivity index (χ2v) is 5.81. The van der Waals surface area contributed by atoms with Gasteiger partial charge in [-0.25, -0.2) is 0 Å². The highest BCUT2D eigenvalue weighted by molar-refractivity contribution is 5.32. The van der Waals surface area contributed by atoms with Gasteiger partial charge in [0.15, 0.2) is 0 Å². The number of hydrogen-bond acceptors (Lipinski definition) is 4. The van der Waals surface area contributed by atoms with Crippen molar-refractivity contribution >= 4 is 0 Å². The molecule has 1 fully saturated rings. The van der Waals surface area contributed by atoms with Crippen LogP contribution in [0.3, 0.4) is 0 Å². The largest absolute Gasteiger partial charge is 1.00 e. The molecule has 1 aliphatic rings. The molecule has 1 N–H and O–H groups in total. The molecule has 0 radical (unpaired) electrons. The van der Waals surface area contributed by atoms with E-state index < -0.39 is 0 Å². The van der Waals surface area contributed by atoms with Crippen molar-refractivity contribution in [2.45, 2.75) is 32.7 Å². The minimum Gasteiger partial charge on any atom is -1.00 e. The van der Waals surface area contributed by atoms with Crippen molar-refractivity contribution < 1.29 is 22.3 Å². The number of morpholine rings is 1. The third-order valence-electron chi connectivity index (χ3n) is 3.13. The minimum absolute atomic E-state index is 0. The topological polar surface area (TPSA) is 45.6 Å². The zero-order chi connectivity index (χ0) is 13.2. The van der Waals surface area contributed by atoms with E-state index in [2.05, 4.69) is 30.7 Å². The van der Waals surface area contributed by atoms with E-state index in [0.717, 1.165) is 44.2 Å². The highest BCUT2D eigenvalue weighted by atomic mass is 35.5. The molecule has 1 aliphatic heterocycles. The summed E-state index contributed by atoms with van der Waals surface area (Å²) in [5.74, 6) is 0.285. The lowest BCUT2D eigenvalue weighted by atomic mass is 9.91. The molecule has 2 heterocycles. The fraction of sp³-hybridized carbons (Fsp3) is 0.643. The van der Waals surface area contributed by atoms with Crippen LogP contribution in [-0.2, 0) is 16.7 Å². The van der Waals surface area contributed by atoms with Crippen LogP contribution in [0.5, 0.6) is 5.75 Å². The van der Waals surface area contributed by atoms with Gasteiger partial charge in [-0.2, -0.15) is 0 Å². The summed E-state index contributed by atoms with van der Waals surface area (Å²) in [6, 6.07) is 3.66. The molecule has 2 rings (SSSR count). The second-order valence-electron chi connectivity index (χ2n) is 5.81. The van der Waals surface area contributed by atoms with Crippen molar-refractivity contribution in [1.29, 1.82) is 0 Å². The molecule has 19 heavy (non-hydrogen) atoms. The molecule has 0 spiro atoms. The first-order chi connectivity index (χ1) is 8.47. The lowest BCUT2D eigenvalue weighted by molar-refractivity contribution is -0.00000748. The summed E-state index contributed by atoms with van der Waals surface area (Å²) < 4.78 is 5.33. The number of hydrogen-bond donors (Lipinski definition) is 1. The predicted octanol–water partition coefficient (Wildman–Crippen LogP) is -1.08. The van der Waals surface area contributed by atoms with Crippen LogP contribution in [0.15, 0.2) is 12.1 Å². The molecular formula is C14H22ClN2O2-. The number of ether oxygens (including phenoxy) is 1. The molecule has 1 saturated heterocycles. The van der Waals surface area contributed by atoms with Gasteiger partial charge in [0.25, 0.3) is 0 Å². The molecule has 0 aromatic carbocycles. The molecule has 0 amide bonds. The van der Waals surface area contributed by atoms with E-state index in [4.69, 9.17) is 4.74 Å². The molecule has 0 saturated carbocycles. The SMILES string of the molecule is CC(C)(C)c1nc(CN2CCOCC2)ccc1O.[Cl-]. The van der Waals surface area contributed by atoms with Crippen LogP contribution in [-0.4, -0.2) is 41.3 Å². The van der Waals surface area contributed by atoms with Crippen molar-refractivity contribution in [1.82, 2.24) is 9.88 Å². The Morgan fingerprint density at radius 2 is 1.89 bits per heavy atom. The number of rotatable bonds is 2. The maximum Gasteiger partial charge on any atom is 0.137 e. The van der Waals surface area contributed by atoms with Crippen LogP contribution in [0, 0.1) is 0 Å². The zero-order valence-electron chi connectivity index (χ0n) is 11.8. The summed E-state index contributed by atoms with van der Waals surface area (Å²) >= 11 is 0. The Morgan fingerprint density at radius 3 is 2.47 bits per heavy atom. The average molecular weight is 286 g/mol. The fourth-order valence-corrected chi connectivity index (χ4v) is 2.12. The van der Waals surface area contributed by atoms with Crippen LogP contribution in [0.1, 0.15) is 32.2 Å². The summed E-state index contributed by atoms with van der Waals surface area (Å²) in [4.78, 5) is 6.93. The van der Waals surface area contributed by atoms with E-state index in [-0.39, 0.29) is 23.6 Å². The van der Waals surface area contributed by atoms with E-state index in [1.807, 2.05) is 6.07 Å². The van der Waals surface area contributed by atoms with Crippen LogP contribution in [0.2, 0.25) is 0 Å². The number of aromatic hydroxyl groups is 1. The van der Waals surface area contributed by atoms with Gasteiger partial charge < -0.3 is 22.3 Å². The number of aromatic nitrogens is 1. The number of halogens is 1. The molecule has 5 heteroatoms. The quantitative estimate of drug-likeness (QED) is 0.751. The highest BCUT2D eigenvalue weighted by Crippen LogP contribution is 2.28. The normalized spacial score (nSPS) is 17.0. The molecule has 1 aromatic heterocycles. The zero-order valence-corrected chi connectivity index (χ0v) is 12.6. The van der Waals surface area contributed by atoms with Crippen molar-refractivity contribution in [3.05, 3.63) is 23.5 Å². The van der Waals surface area contributed by atoms with Gasteiger partial charge >= 0.3 is 0 Å². The fourth-order valence-electron chi connectivity index (χ4n) is 2.12. The van der Waals surface area contributed by atoms with Crippen molar-refractivity contribution in [3.8, 4) is 5.75 Å². The first kappa shape index (κ1) is 16.2. The Hall–Kier alpha value is -0.840. The Kier molecular flexibility index (Phi) is 5.59. The van der Waals surface area contributed by atoms with Crippen LogP contribution in [0.4, 0.5) is 0 Å². The lowest BCUT2D eigenvalue weighted by Crippen LogP contribution is -3.00. The number of nitrogens with zero attached hydrogens (tertiary/aromatic N) is 2. The number of pyridine rings is 1. The maximum atomic E-state index is 9.88.